The molecule has 106 valence electrons. The molecule has 6 heteroatoms. The molecular weight excluding hydrogens is 288 g/mol. The molecule has 1 aromatic carbocycles. The van der Waals surface area contributed by atoms with Crippen LogP contribution < -0.4 is 5.56 Å². The summed E-state index contributed by atoms with van der Waals surface area (Å²) >= 11 is 1.18. The average molecular weight is 300 g/mol. The molecule has 0 amide bonds. The van der Waals surface area contributed by atoms with Gasteiger partial charge in [0.1, 0.15) is 16.0 Å². The van der Waals surface area contributed by atoms with Gasteiger partial charge in [0.25, 0.3) is 5.56 Å². The third-order valence-electron chi connectivity index (χ3n) is 3.26. The van der Waals surface area contributed by atoms with Crippen LogP contribution in [-0.2, 0) is 4.74 Å². The Balaban J connectivity index is 2.29. The van der Waals surface area contributed by atoms with Crippen LogP contribution in [0.3, 0.4) is 0 Å². The van der Waals surface area contributed by atoms with Gasteiger partial charge >= 0.3 is 5.97 Å². The van der Waals surface area contributed by atoms with E-state index in [1.807, 2.05) is 30.3 Å². The minimum atomic E-state index is -0.443. The first kappa shape index (κ1) is 13.5. The fourth-order valence-corrected chi connectivity index (χ4v) is 3.24. The van der Waals surface area contributed by atoms with E-state index >= 15 is 0 Å². The highest BCUT2D eigenvalue weighted by atomic mass is 32.1. The molecule has 3 rings (SSSR count). The summed E-state index contributed by atoms with van der Waals surface area (Å²) < 4.78 is 6.21. The molecule has 3 aromatic rings. The second-order valence-corrected chi connectivity index (χ2v) is 5.48. The van der Waals surface area contributed by atoms with Gasteiger partial charge in [-0.2, -0.15) is 0 Å². The van der Waals surface area contributed by atoms with Crippen molar-refractivity contribution in [1.29, 1.82) is 0 Å². The standard InChI is InChI=1S/C15H12N2O3S/c1-9-11-13(21-12(9)15(19)20-2)16-8-17(14(11)18)10-6-4-3-5-7-10/h3-8H,1-2H3. The summed E-state index contributed by atoms with van der Waals surface area (Å²) in [6.45, 7) is 1.74. The molecule has 0 spiro atoms. The predicted molar refractivity (Wildman–Crippen MR) is 81.3 cm³/mol. The second kappa shape index (κ2) is 5.14. The Labute approximate surface area is 124 Å². The molecule has 2 aromatic heterocycles. The van der Waals surface area contributed by atoms with Gasteiger partial charge in [0.2, 0.25) is 0 Å². The van der Waals surface area contributed by atoms with Gasteiger partial charge < -0.3 is 4.74 Å². The quantitative estimate of drug-likeness (QED) is 0.682. The molecule has 0 unspecified atom stereocenters. The topological polar surface area (TPSA) is 61.2 Å². The van der Waals surface area contributed by atoms with Crippen molar-refractivity contribution in [3.63, 3.8) is 0 Å². The molecule has 5 nitrogen and oxygen atoms in total. The van der Waals surface area contributed by atoms with Crippen LogP contribution in [0.25, 0.3) is 15.9 Å². The van der Waals surface area contributed by atoms with Crippen LogP contribution in [0.1, 0.15) is 15.2 Å². The maximum absolute atomic E-state index is 12.7. The number of benzene rings is 1. The van der Waals surface area contributed by atoms with Gasteiger partial charge in [-0.05, 0) is 24.6 Å². The minimum absolute atomic E-state index is 0.185. The van der Waals surface area contributed by atoms with Gasteiger partial charge in [0.15, 0.2) is 0 Å². The number of para-hydroxylation sites is 1. The summed E-state index contributed by atoms with van der Waals surface area (Å²) in [6.07, 6.45) is 1.48. The maximum Gasteiger partial charge on any atom is 0.348 e. The predicted octanol–water partition coefficient (Wildman–Crippen LogP) is 2.54. The van der Waals surface area contributed by atoms with E-state index in [1.165, 1.54) is 29.3 Å². The smallest absolute Gasteiger partial charge is 0.348 e. The molecule has 0 saturated heterocycles. The van der Waals surface area contributed by atoms with Crippen LogP contribution in [0.4, 0.5) is 0 Å². The third kappa shape index (κ3) is 2.13. The molecule has 0 atom stereocenters. The molecule has 0 aliphatic rings. The Morgan fingerprint density at radius 2 is 2.00 bits per heavy atom. The molecule has 0 aliphatic carbocycles. The summed E-state index contributed by atoms with van der Waals surface area (Å²) in [5.74, 6) is -0.443. The first-order valence-corrected chi connectivity index (χ1v) is 7.09. The maximum atomic E-state index is 12.7. The van der Waals surface area contributed by atoms with Crippen molar-refractivity contribution in [3.05, 3.63) is 57.5 Å². The number of hydrogen-bond acceptors (Lipinski definition) is 5. The zero-order valence-electron chi connectivity index (χ0n) is 11.5. The highest BCUT2D eigenvalue weighted by molar-refractivity contribution is 7.20. The molecule has 0 fully saturated rings. The van der Waals surface area contributed by atoms with Crippen molar-refractivity contribution >= 4 is 27.5 Å². The van der Waals surface area contributed by atoms with Crippen LogP contribution >= 0.6 is 11.3 Å². The van der Waals surface area contributed by atoms with E-state index in [2.05, 4.69) is 4.98 Å². The van der Waals surface area contributed by atoms with E-state index in [1.54, 1.807) is 6.92 Å². The molecule has 0 saturated carbocycles. The van der Waals surface area contributed by atoms with Gasteiger partial charge in [-0.1, -0.05) is 18.2 Å². The third-order valence-corrected chi connectivity index (χ3v) is 4.44. The lowest BCUT2D eigenvalue weighted by Gasteiger charge is -2.04. The lowest BCUT2D eigenvalue weighted by Crippen LogP contribution is -2.18. The van der Waals surface area contributed by atoms with E-state index in [0.29, 0.717) is 20.7 Å². The van der Waals surface area contributed by atoms with Crippen LogP contribution in [0.2, 0.25) is 0 Å². The Morgan fingerprint density at radius 3 is 2.67 bits per heavy atom. The first-order chi connectivity index (χ1) is 10.1. The number of hydrogen-bond donors (Lipinski definition) is 0. The fourth-order valence-electron chi connectivity index (χ4n) is 2.18. The lowest BCUT2D eigenvalue weighted by atomic mass is 10.2. The summed E-state index contributed by atoms with van der Waals surface area (Å²) in [6, 6.07) is 9.25. The fraction of sp³-hybridized carbons (Fsp3) is 0.133. The van der Waals surface area contributed by atoms with Crippen molar-refractivity contribution in [1.82, 2.24) is 9.55 Å². The van der Waals surface area contributed by atoms with Crippen LogP contribution in [-0.4, -0.2) is 22.6 Å². The number of ether oxygens (including phenoxy) is 1. The van der Waals surface area contributed by atoms with Gasteiger partial charge in [-0.15, -0.1) is 11.3 Å². The van der Waals surface area contributed by atoms with Crippen LogP contribution in [0, 0.1) is 6.92 Å². The van der Waals surface area contributed by atoms with Gasteiger partial charge in [-0.3, -0.25) is 9.36 Å². The highest BCUT2D eigenvalue weighted by Gasteiger charge is 2.19. The normalized spacial score (nSPS) is 10.8. The van der Waals surface area contributed by atoms with Gasteiger partial charge in [-0.25, -0.2) is 9.78 Å². The number of esters is 1. The highest BCUT2D eigenvalue weighted by Crippen LogP contribution is 2.27. The summed E-state index contributed by atoms with van der Waals surface area (Å²) in [5.41, 5.74) is 1.17. The van der Waals surface area contributed by atoms with E-state index in [-0.39, 0.29) is 5.56 Å². The minimum Gasteiger partial charge on any atom is -0.465 e. The van der Waals surface area contributed by atoms with Crippen LogP contribution in [0.5, 0.6) is 0 Å². The van der Waals surface area contributed by atoms with E-state index in [4.69, 9.17) is 4.74 Å². The van der Waals surface area contributed by atoms with Crippen molar-refractivity contribution < 1.29 is 9.53 Å². The summed E-state index contributed by atoms with van der Waals surface area (Å²) in [7, 11) is 1.32. The Bertz CT molecular complexity index is 881. The monoisotopic (exact) mass is 300 g/mol. The number of thiophene rings is 1. The van der Waals surface area contributed by atoms with E-state index < -0.39 is 5.97 Å². The van der Waals surface area contributed by atoms with Crippen LogP contribution in [0.15, 0.2) is 41.5 Å². The number of aromatic nitrogens is 2. The van der Waals surface area contributed by atoms with E-state index in [9.17, 15) is 9.59 Å². The van der Waals surface area contributed by atoms with Crippen molar-refractivity contribution in [2.24, 2.45) is 0 Å². The molecule has 0 N–H and O–H groups in total. The number of fused-ring (bicyclic) bond motifs is 1. The second-order valence-electron chi connectivity index (χ2n) is 4.48. The molecular formula is C15H12N2O3S. The molecule has 0 bridgehead atoms. The molecule has 21 heavy (non-hydrogen) atoms. The summed E-state index contributed by atoms with van der Waals surface area (Å²) in [4.78, 5) is 29.6. The molecule has 2 heterocycles. The molecule has 0 radical (unpaired) electrons. The largest absolute Gasteiger partial charge is 0.465 e. The lowest BCUT2D eigenvalue weighted by molar-refractivity contribution is 0.0605. The summed E-state index contributed by atoms with van der Waals surface area (Å²) in [5, 5.41) is 0.465. The first-order valence-electron chi connectivity index (χ1n) is 6.28. The molecule has 0 aliphatic heterocycles. The van der Waals surface area contributed by atoms with Gasteiger partial charge in [0.05, 0.1) is 18.2 Å². The zero-order valence-corrected chi connectivity index (χ0v) is 12.3. The number of aryl methyl sites for hydroxylation is 1. The number of methoxy groups -OCH3 is 1. The Morgan fingerprint density at radius 1 is 1.29 bits per heavy atom. The number of carbonyl (C=O) groups is 1. The number of rotatable bonds is 2. The number of carbonyl (C=O) groups excluding carboxylic acids is 1. The van der Waals surface area contributed by atoms with E-state index in [0.717, 1.165) is 5.69 Å². The van der Waals surface area contributed by atoms with Crippen molar-refractivity contribution in [3.8, 4) is 5.69 Å². The average Bonchev–Trinajstić information content (AvgIpc) is 2.85. The SMILES string of the molecule is COC(=O)c1sc2ncn(-c3ccccc3)c(=O)c2c1C. The van der Waals surface area contributed by atoms with Crippen molar-refractivity contribution in [2.75, 3.05) is 7.11 Å². The van der Waals surface area contributed by atoms with Gasteiger partial charge in [0, 0.05) is 0 Å². The van der Waals surface area contributed by atoms with Crippen molar-refractivity contribution in [2.45, 2.75) is 6.92 Å². The Kier molecular flexibility index (Phi) is 3.31. The number of nitrogens with zero attached hydrogens (tertiary/aromatic N) is 2. The zero-order chi connectivity index (χ0) is 15.0. The Hall–Kier alpha value is -2.47.